The molecule has 0 heterocycles. The van der Waals surface area contributed by atoms with Gasteiger partial charge >= 0.3 is 5.97 Å². The average molecular weight is 232 g/mol. The van der Waals surface area contributed by atoms with Gasteiger partial charge in [0.25, 0.3) is 10.1 Å². The summed E-state index contributed by atoms with van der Waals surface area (Å²) in [6.07, 6.45) is 0. The van der Waals surface area contributed by atoms with Gasteiger partial charge in [-0.05, 0) is 12.1 Å². The molecule has 0 amide bonds. The maximum Gasteiger partial charge on any atom is 0.339 e. The Morgan fingerprint density at radius 3 is 2.40 bits per heavy atom. The lowest BCUT2D eigenvalue weighted by molar-refractivity contribution is 0.0693. The molecule has 2 N–H and O–H groups in total. The van der Waals surface area contributed by atoms with Gasteiger partial charge in [-0.25, -0.2) is 4.79 Å². The van der Waals surface area contributed by atoms with Crippen LogP contribution in [0.1, 0.15) is 10.4 Å². The van der Waals surface area contributed by atoms with Crippen LogP contribution in [0.2, 0.25) is 0 Å². The van der Waals surface area contributed by atoms with Crippen molar-refractivity contribution in [2.45, 2.75) is 4.90 Å². The normalized spacial score (nSPS) is 11.1. The van der Waals surface area contributed by atoms with Crippen molar-refractivity contribution in [3.05, 3.63) is 23.8 Å². The molecule has 0 unspecified atom stereocenters. The Labute approximate surface area is 85.9 Å². The maximum absolute atomic E-state index is 10.7. The zero-order chi connectivity index (χ0) is 11.6. The maximum atomic E-state index is 10.7. The molecule has 0 aromatic heterocycles. The van der Waals surface area contributed by atoms with Crippen molar-refractivity contribution in [2.24, 2.45) is 0 Å². The molecule has 6 nitrogen and oxygen atoms in total. The van der Waals surface area contributed by atoms with Gasteiger partial charge in [-0.2, -0.15) is 8.42 Å². The van der Waals surface area contributed by atoms with Gasteiger partial charge in [0.15, 0.2) is 0 Å². The zero-order valence-corrected chi connectivity index (χ0v) is 8.48. The number of aromatic carboxylic acids is 1. The molecule has 0 aliphatic rings. The predicted octanol–water partition coefficient (Wildman–Crippen LogP) is 0.640. The Morgan fingerprint density at radius 1 is 1.40 bits per heavy atom. The monoisotopic (exact) mass is 232 g/mol. The van der Waals surface area contributed by atoms with Crippen molar-refractivity contribution in [1.82, 2.24) is 0 Å². The van der Waals surface area contributed by atoms with E-state index in [0.29, 0.717) is 0 Å². The minimum absolute atomic E-state index is 0.127. The SMILES string of the molecule is COc1cc(S(=O)(=O)O)ccc1C(=O)O. The predicted molar refractivity (Wildman–Crippen MR) is 49.8 cm³/mol. The number of carboxylic acids is 1. The summed E-state index contributed by atoms with van der Waals surface area (Å²) in [6, 6.07) is 2.98. The highest BCUT2D eigenvalue weighted by Crippen LogP contribution is 2.22. The van der Waals surface area contributed by atoms with Crippen LogP contribution in [-0.2, 0) is 10.1 Å². The second kappa shape index (κ2) is 3.87. The Bertz CT molecular complexity index is 490. The van der Waals surface area contributed by atoms with Gasteiger partial charge in [-0.1, -0.05) is 0 Å². The molecule has 1 aromatic carbocycles. The molecule has 0 fully saturated rings. The van der Waals surface area contributed by atoms with Crippen molar-refractivity contribution in [2.75, 3.05) is 7.11 Å². The number of carboxylic acid groups (broad SMARTS) is 1. The van der Waals surface area contributed by atoms with Crippen LogP contribution in [0, 0.1) is 0 Å². The molecule has 0 saturated heterocycles. The molecule has 0 saturated carbocycles. The van der Waals surface area contributed by atoms with Crippen molar-refractivity contribution < 1.29 is 27.6 Å². The van der Waals surface area contributed by atoms with E-state index >= 15 is 0 Å². The molecule has 1 rings (SSSR count). The molecule has 0 bridgehead atoms. The Hall–Kier alpha value is -1.60. The molecule has 1 aromatic rings. The molecule has 0 aliphatic carbocycles. The summed E-state index contributed by atoms with van der Waals surface area (Å²) < 4.78 is 34.9. The second-order valence-electron chi connectivity index (χ2n) is 2.64. The number of carbonyl (C=O) groups is 1. The van der Waals surface area contributed by atoms with Gasteiger partial charge in [-0.3, -0.25) is 4.55 Å². The molecule has 0 radical (unpaired) electrons. The lowest BCUT2D eigenvalue weighted by Gasteiger charge is -2.05. The van der Waals surface area contributed by atoms with Gasteiger partial charge in [0.2, 0.25) is 0 Å². The first-order valence-electron chi connectivity index (χ1n) is 3.75. The molecule has 7 heteroatoms. The number of benzene rings is 1. The standard InChI is InChI=1S/C8H8O6S/c1-14-7-4-5(15(11,12)13)2-3-6(7)8(9)10/h2-4H,1H3,(H,9,10)(H,11,12,13). The molecule has 0 spiro atoms. The Kier molecular flexibility index (Phi) is 2.96. The summed E-state index contributed by atoms with van der Waals surface area (Å²) in [5.74, 6) is -1.37. The van der Waals surface area contributed by atoms with Gasteiger partial charge in [0.05, 0.1) is 12.0 Å². The number of ether oxygens (including phenoxy) is 1. The fourth-order valence-electron chi connectivity index (χ4n) is 1.01. The lowest BCUT2D eigenvalue weighted by atomic mass is 10.2. The third-order valence-electron chi connectivity index (χ3n) is 1.70. The van der Waals surface area contributed by atoms with Gasteiger partial charge in [-0.15, -0.1) is 0 Å². The van der Waals surface area contributed by atoms with Crippen LogP contribution in [0.15, 0.2) is 23.1 Å². The van der Waals surface area contributed by atoms with E-state index < -0.39 is 21.0 Å². The summed E-state index contributed by atoms with van der Waals surface area (Å²) in [5.41, 5.74) is -0.176. The van der Waals surface area contributed by atoms with Crippen molar-refractivity contribution in [3.8, 4) is 5.75 Å². The lowest BCUT2D eigenvalue weighted by Crippen LogP contribution is -2.04. The first-order valence-corrected chi connectivity index (χ1v) is 5.19. The van der Waals surface area contributed by atoms with E-state index in [1.807, 2.05) is 0 Å². The van der Waals surface area contributed by atoms with Gasteiger partial charge in [0, 0.05) is 6.07 Å². The van der Waals surface area contributed by atoms with Crippen LogP contribution in [0.3, 0.4) is 0 Å². The summed E-state index contributed by atoms with van der Waals surface area (Å²) in [4.78, 5) is 10.2. The van der Waals surface area contributed by atoms with Crippen molar-refractivity contribution >= 4 is 16.1 Å². The van der Waals surface area contributed by atoms with E-state index in [9.17, 15) is 13.2 Å². The topological polar surface area (TPSA) is 101 Å². The van der Waals surface area contributed by atoms with E-state index in [1.54, 1.807) is 0 Å². The van der Waals surface area contributed by atoms with Gasteiger partial charge < -0.3 is 9.84 Å². The fourth-order valence-corrected chi connectivity index (χ4v) is 1.50. The Morgan fingerprint density at radius 2 is 2.00 bits per heavy atom. The molecule has 15 heavy (non-hydrogen) atoms. The van der Waals surface area contributed by atoms with E-state index in [0.717, 1.165) is 18.2 Å². The van der Waals surface area contributed by atoms with Crippen LogP contribution < -0.4 is 4.74 Å². The summed E-state index contributed by atoms with van der Waals surface area (Å²) >= 11 is 0. The number of hydrogen-bond donors (Lipinski definition) is 2. The van der Waals surface area contributed by atoms with Crippen molar-refractivity contribution in [3.63, 3.8) is 0 Å². The third-order valence-corrected chi connectivity index (χ3v) is 2.55. The quantitative estimate of drug-likeness (QED) is 0.741. The smallest absolute Gasteiger partial charge is 0.339 e. The summed E-state index contributed by atoms with van der Waals surface area (Å²) in [7, 11) is -3.15. The van der Waals surface area contributed by atoms with E-state index in [2.05, 4.69) is 4.74 Å². The molecular weight excluding hydrogens is 224 g/mol. The molecule has 0 atom stereocenters. The molecule has 82 valence electrons. The van der Waals surface area contributed by atoms with E-state index in [4.69, 9.17) is 9.66 Å². The first kappa shape index (κ1) is 11.5. The third kappa shape index (κ3) is 2.45. The van der Waals surface area contributed by atoms with Crippen LogP contribution >= 0.6 is 0 Å². The van der Waals surface area contributed by atoms with Crippen LogP contribution in [0.5, 0.6) is 5.75 Å². The average Bonchev–Trinajstić information content (AvgIpc) is 2.15. The van der Waals surface area contributed by atoms with Crippen molar-refractivity contribution in [1.29, 1.82) is 0 Å². The largest absolute Gasteiger partial charge is 0.496 e. The van der Waals surface area contributed by atoms with Crippen LogP contribution in [0.4, 0.5) is 0 Å². The number of hydrogen-bond acceptors (Lipinski definition) is 4. The molecular formula is C8H8O6S. The minimum atomic E-state index is -4.35. The van der Waals surface area contributed by atoms with E-state index in [-0.39, 0.29) is 11.3 Å². The summed E-state index contributed by atoms with van der Waals surface area (Å²) in [6.45, 7) is 0. The highest BCUT2D eigenvalue weighted by molar-refractivity contribution is 7.85. The van der Waals surface area contributed by atoms with Gasteiger partial charge in [0.1, 0.15) is 11.3 Å². The number of rotatable bonds is 3. The fraction of sp³-hybridized carbons (Fsp3) is 0.125. The minimum Gasteiger partial charge on any atom is -0.496 e. The van der Waals surface area contributed by atoms with Crippen LogP contribution in [-0.4, -0.2) is 31.2 Å². The highest BCUT2D eigenvalue weighted by Gasteiger charge is 2.16. The highest BCUT2D eigenvalue weighted by atomic mass is 32.2. The zero-order valence-electron chi connectivity index (χ0n) is 7.67. The van der Waals surface area contributed by atoms with Crippen LogP contribution in [0.25, 0.3) is 0 Å². The summed E-state index contributed by atoms with van der Waals surface area (Å²) in [5, 5.41) is 8.70. The first-order chi connectivity index (χ1) is 6.86. The van der Waals surface area contributed by atoms with E-state index in [1.165, 1.54) is 7.11 Å². The number of methoxy groups -OCH3 is 1. The Balaban J connectivity index is 3.38. The molecule has 0 aliphatic heterocycles. The second-order valence-corrected chi connectivity index (χ2v) is 4.06.